The summed E-state index contributed by atoms with van der Waals surface area (Å²) in [6, 6.07) is 0. The van der Waals surface area contributed by atoms with Crippen LogP contribution >= 0.6 is 0 Å². The number of hydrogen-bond acceptors (Lipinski definition) is 2. The molecule has 2 fully saturated rings. The van der Waals surface area contributed by atoms with Crippen LogP contribution in [0.25, 0.3) is 0 Å². The molecule has 2 aliphatic rings. The molecule has 1 atom stereocenters. The highest BCUT2D eigenvalue weighted by Gasteiger charge is 2.36. The average molecular weight is 155 g/mol. The van der Waals surface area contributed by atoms with E-state index in [1.54, 1.807) is 0 Å². The number of rotatable bonds is 2. The van der Waals surface area contributed by atoms with E-state index < -0.39 is 0 Å². The Morgan fingerprint density at radius 1 is 1.27 bits per heavy atom. The van der Waals surface area contributed by atoms with Crippen LogP contribution in [0.5, 0.6) is 0 Å². The first kappa shape index (κ1) is 7.56. The average Bonchev–Trinajstić information content (AvgIpc) is 1.76. The van der Waals surface area contributed by atoms with E-state index in [1.807, 2.05) is 0 Å². The lowest BCUT2D eigenvalue weighted by atomic mass is 9.75. The Kier molecular flexibility index (Phi) is 1.90. The Morgan fingerprint density at radius 2 is 1.91 bits per heavy atom. The van der Waals surface area contributed by atoms with Crippen molar-refractivity contribution in [3.05, 3.63) is 0 Å². The number of likely N-dealkylation sites (tertiary alicyclic amines) is 1. The summed E-state index contributed by atoms with van der Waals surface area (Å²) in [4.78, 5) is 2.27. The summed E-state index contributed by atoms with van der Waals surface area (Å²) in [5.74, 6) is 1.24. The van der Waals surface area contributed by atoms with Crippen molar-refractivity contribution in [2.45, 2.75) is 25.4 Å². The molecule has 1 aliphatic carbocycles. The summed E-state index contributed by atoms with van der Waals surface area (Å²) in [5.41, 5.74) is 0. The molecule has 1 aliphatic heterocycles. The van der Waals surface area contributed by atoms with Crippen LogP contribution in [0.4, 0.5) is 0 Å². The molecule has 64 valence electrons. The summed E-state index contributed by atoms with van der Waals surface area (Å²) >= 11 is 0. The first-order chi connectivity index (χ1) is 5.27. The first-order valence-electron chi connectivity index (χ1n) is 4.64. The summed E-state index contributed by atoms with van der Waals surface area (Å²) in [5, 5.41) is 9.78. The number of aliphatic hydroxyl groups excluding tert-OH is 1. The molecule has 1 unspecified atom stereocenters. The molecule has 0 bridgehead atoms. The van der Waals surface area contributed by atoms with Crippen LogP contribution in [-0.2, 0) is 0 Å². The van der Waals surface area contributed by atoms with E-state index in [9.17, 15) is 5.11 Å². The van der Waals surface area contributed by atoms with Crippen LogP contribution in [-0.4, -0.2) is 36.2 Å². The van der Waals surface area contributed by atoms with Crippen LogP contribution < -0.4 is 0 Å². The fourth-order valence-electron chi connectivity index (χ4n) is 2.13. The summed E-state index contributed by atoms with van der Waals surface area (Å²) in [7, 11) is 2.12. The molecule has 1 N–H and O–H groups in total. The van der Waals surface area contributed by atoms with Crippen LogP contribution in [0, 0.1) is 11.8 Å². The van der Waals surface area contributed by atoms with Gasteiger partial charge in [0.1, 0.15) is 0 Å². The highest BCUT2D eigenvalue weighted by atomic mass is 16.3. The molecule has 0 spiro atoms. The molecule has 2 rings (SSSR count). The maximum absolute atomic E-state index is 9.78. The van der Waals surface area contributed by atoms with Crippen LogP contribution in [0.3, 0.4) is 0 Å². The zero-order valence-electron chi connectivity index (χ0n) is 7.16. The van der Waals surface area contributed by atoms with Gasteiger partial charge in [0.2, 0.25) is 0 Å². The summed E-state index contributed by atoms with van der Waals surface area (Å²) < 4.78 is 0. The summed E-state index contributed by atoms with van der Waals surface area (Å²) in [6.07, 6.45) is 3.88. The molecule has 1 heterocycles. The smallest absolute Gasteiger partial charge is 0.0621 e. The zero-order valence-corrected chi connectivity index (χ0v) is 7.16. The van der Waals surface area contributed by atoms with Gasteiger partial charge in [-0.2, -0.15) is 0 Å². The van der Waals surface area contributed by atoms with Crippen molar-refractivity contribution in [2.24, 2.45) is 11.8 Å². The van der Waals surface area contributed by atoms with Crippen molar-refractivity contribution in [3.8, 4) is 0 Å². The van der Waals surface area contributed by atoms with Crippen molar-refractivity contribution < 1.29 is 5.11 Å². The standard InChI is InChI=1S/C9H17NO/c1-10-5-8(6-10)9(11)7-3-2-4-7/h7-9,11H,2-6H2,1H3. The molecular weight excluding hydrogens is 138 g/mol. The lowest BCUT2D eigenvalue weighted by Gasteiger charge is -2.44. The third-order valence-electron chi connectivity index (χ3n) is 3.21. The van der Waals surface area contributed by atoms with Gasteiger partial charge in [-0.25, -0.2) is 0 Å². The van der Waals surface area contributed by atoms with E-state index in [1.165, 1.54) is 19.3 Å². The highest BCUT2D eigenvalue weighted by Crippen LogP contribution is 2.34. The van der Waals surface area contributed by atoms with Crippen molar-refractivity contribution >= 4 is 0 Å². The van der Waals surface area contributed by atoms with Crippen molar-refractivity contribution in [1.29, 1.82) is 0 Å². The Bertz CT molecular complexity index is 138. The minimum atomic E-state index is 0.0138. The van der Waals surface area contributed by atoms with E-state index in [-0.39, 0.29) is 6.10 Å². The first-order valence-corrected chi connectivity index (χ1v) is 4.64. The van der Waals surface area contributed by atoms with Gasteiger partial charge in [0.05, 0.1) is 6.10 Å². The van der Waals surface area contributed by atoms with E-state index in [0.717, 1.165) is 13.1 Å². The molecular formula is C9H17NO. The molecule has 2 heteroatoms. The Balaban J connectivity index is 1.76. The number of hydrogen-bond donors (Lipinski definition) is 1. The maximum Gasteiger partial charge on any atom is 0.0621 e. The van der Waals surface area contributed by atoms with Gasteiger partial charge in [0, 0.05) is 19.0 Å². The second kappa shape index (κ2) is 2.76. The third-order valence-corrected chi connectivity index (χ3v) is 3.21. The van der Waals surface area contributed by atoms with Crippen molar-refractivity contribution in [3.63, 3.8) is 0 Å². The topological polar surface area (TPSA) is 23.5 Å². The SMILES string of the molecule is CN1CC(C(O)C2CCC2)C1. The predicted molar refractivity (Wildman–Crippen MR) is 44.3 cm³/mol. The normalized spacial score (nSPS) is 31.1. The Morgan fingerprint density at radius 3 is 2.27 bits per heavy atom. The monoisotopic (exact) mass is 155 g/mol. The van der Waals surface area contributed by atoms with E-state index in [2.05, 4.69) is 11.9 Å². The van der Waals surface area contributed by atoms with Gasteiger partial charge < -0.3 is 10.0 Å². The molecule has 2 nitrogen and oxygen atoms in total. The maximum atomic E-state index is 9.78. The highest BCUT2D eigenvalue weighted by molar-refractivity contribution is 4.89. The lowest BCUT2D eigenvalue weighted by Crippen LogP contribution is -2.52. The Labute approximate surface area is 68.2 Å². The van der Waals surface area contributed by atoms with Crippen molar-refractivity contribution in [1.82, 2.24) is 4.90 Å². The van der Waals surface area contributed by atoms with Gasteiger partial charge in [0.25, 0.3) is 0 Å². The second-order valence-corrected chi connectivity index (χ2v) is 4.16. The molecule has 0 aromatic carbocycles. The fourth-order valence-corrected chi connectivity index (χ4v) is 2.13. The number of aliphatic hydroxyl groups is 1. The molecule has 0 radical (unpaired) electrons. The minimum absolute atomic E-state index is 0.0138. The van der Waals surface area contributed by atoms with E-state index in [0.29, 0.717) is 11.8 Å². The molecule has 1 saturated heterocycles. The molecule has 0 amide bonds. The van der Waals surface area contributed by atoms with E-state index >= 15 is 0 Å². The lowest BCUT2D eigenvalue weighted by molar-refractivity contribution is -0.0440. The molecule has 0 aromatic heterocycles. The van der Waals surface area contributed by atoms with Gasteiger partial charge in [-0.05, 0) is 25.8 Å². The quantitative estimate of drug-likeness (QED) is 0.635. The van der Waals surface area contributed by atoms with Gasteiger partial charge in [-0.15, -0.1) is 0 Å². The van der Waals surface area contributed by atoms with Gasteiger partial charge in [-0.1, -0.05) is 6.42 Å². The van der Waals surface area contributed by atoms with Gasteiger partial charge >= 0.3 is 0 Å². The Hall–Kier alpha value is -0.0800. The molecule has 11 heavy (non-hydrogen) atoms. The van der Waals surface area contributed by atoms with Crippen LogP contribution in [0.15, 0.2) is 0 Å². The fraction of sp³-hybridized carbons (Fsp3) is 1.00. The summed E-state index contributed by atoms with van der Waals surface area (Å²) in [6.45, 7) is 2.22. The van der Waals surface area contributed by atoms with Crippen LogP contribution in [0.1, 0.15) is 19.3 Å². The van der Waals surface area contributed by atoms with Crippen LogP contribution in [0.2, 0.25) is 0 Å². The van der Waals surface area contributed by atoms with Crippen molar-refractivity contribution in [2.75, 3.05) is 20.1 Å². The predicted octanol–water partition coefficient (Wildman–Crippen LogP) is 0.709. The minimum Gasteiger partial charge on any atom is -0.392 e. The van der Waals surface area contributed by atoms with Gasteiger partial charge in [0.15, 0.2) is 0 Å². The molecule has 1 saturated carbocycles. The number of nitrogens with zero attached hydrogens (tertiary/aromatic N) is 1. The second-order valence-electron chi connectivity index (χ2n) is 4.16. The largest absolute Gasteiger partial charge is 0.392 e. The zero-order chi connectivity index (χ0) is 7.84. The van der Waals surface area contributed by atoms with E-state index in [4.69, 9.17) is 0 Å². The third kappa shape index (κ3) is 1.30. The molecule has 0 aromatic rings. The van der Waals surface area contributed by atoms with Gasteiger partial charge in [-0.3, -0.25) is 0 Å².